The predicted molar refractivity (Wildman–Crippen MR) is 102 cm³/mol. The number of aromatic nitrogens is 2. The summed E-state index contributed by atoms with van der Waals surface area (Å²) in [6.45, 7) is 7.74. The van der Waals surface area contributed by atoms with Crippen LogP contribution in [0, 0.1) is 5.92 Å². The summed E-state index contributed by atoms with van der Waals surface area (Å²) < 4.78 is 5.40. The summed E-state index contributed by atoms with van der Waals surface area (Å²) in [5.74, 6) is 0.903. The van der Waals surface area contributed by atoms with Crippen molar-refractivity contribution < 1.29 is 9.53 Å². The van der Waals surface area contributed by atoms with Gasteiger partial charge in [0.15, 0.2) is 0 Å². The van der Waals surface area contributed by atoms with E-state index in [2.05, 4.69) is 14.9 Å². The van der Waals surface area contributed by atoms with E-state index in [1.165, 1.54) is 0 Å². The third-order valence-corrected chi connectivity index (χ3v) is 4.42. The summed E-state index contributed by atoms with van der Waals surface area (Å²) in [4.78, 5) is 35.5. The Bertz CT molecular complexity index is 856. The van der Waals surface area contributed by atoms with Crippen LogP contribution in [0.5, 0.6) is 0 Å². The van der Waals surface area contributed by atoms with Crippen molar-refractivity contribution >= 4 is 22.9 Å². The quantitative estimate of drug-likeness (QED) is 0.912. The molecule has 1 saturated heterocycles. The molecule has 0 spiro atoms. The van der Waals surface area contributed by atoms with Crippen LogP contribution in [0.25, 0.3) is 10.9 Å². The number of benzene rings is 1. The lowest BCUT2D eigenvalue weighted by molar-refractivity contribution is 0.0277. The van der Waals surface area contributed by atoms with Crippen molar-refractivity contribution in [2.75, 3.05) is 31.6 Å². The van der Waals surface area contributed by atoms with Crippen molar-refractivity contribution in [2.24, 2.45) is 5.92 Å². The van der Waals surface area contributed by atoms with Crippen molar-refractivity contribution in [3.63, 3.8) is 0 Å². The topological polar surface area (TPSA) is 78.5 Å². The third-order valence-electron chi connectivity index (χ3n) is 4.42. The molecular weight excluding hydrogens is 332 g/mol. The largest absolute Gasteiger partial charge is 0.444 e. The smallest absolute Gasteiger partial charge is 0.410 e. The zero-order valence-corrected chi connectivity index (χ0v) is 15.8. The number of rotatable bonds is 3. The molecule has 2 aromatic rings. The van der Waals surface area contributed by atoms with E-state index >= 15 is 0 Å². The van der Waals surface area contributed by atoms with E-state index in [9.17, 15) is 9.59 Å². The molecule has 0 aliphatic carbocycles. The van der Waals surface area contributed by atoms with Crippen LogP contribution in [0.3, 0.4) is 0 Å². The molecule has 1 amide bonds. The first-order chi connectivity index (χ1) is 12.2. The average Bonchev–Trinajstić information content (AvgIpc) is 3.02. The van der Waals surface area contributed by atoms with Crippen molar-refractivity contribution in [2.45, 2.75) is 32.8 Å². The summed E-state index contributed by atoms with van der Waals surface area (Å²) in [7, 11) is 1.76. The number of hydrogen-bond donors (Lipinski definition) is 1. The average molecular weight is 358 g/mol. The summed E-state index contributed by atoms with van der Waals surface area (Å²) >= 11 is 0. The number of fused-ring (bicyclic) bond motifs is 1. The Morgan fingerprint density at radius 1 is 1.38 bits per heavy atom. The van der Waals surface area contributed by atoms with Crippen molar-refractivity contribution in [1.29, 1.82) is 0 Å². The second-order valence-corrected chi connectivity index (χ2v) is 7.87. The van der Waals surface area contributed by atoms with E-state index in [-0.39, 0.29) is 11.7 Å². The first-order valence-corrected chi connectivity index (χ1v) is 8.91. The van der Waals surface area contributed by atoms with Crippen LogP contribution >= 0.6 is 0 Å². The fourth-order valence-corrected chi connectivity index (χ4v) is 3.20. The lowest BCUT2D eigenvalue weighted by Crippen LogP contribution is -2.37. The minimum atomic E-state index is -0.498. The van der Waals surface area contributed by atoms with E-state index in [4.69, 9.17) is 4.74 Å². The van der Waals surface area contributed by atoms with E-state index in [1.807, 2.05) is 39.0 Å². The molecule has 1 aromatic carbocycles. The molecule has 3 rings (SSSR count). The minimum absolute atomic E-state index is 0.125. The van der Waals surface area contributed by atoms with Gasteiger partial charge in [-0.25, -0.2) is 9.78 Å². The van der Waals surface area contributed by atoms with E-state index in [0.717, 1.165) is 19.5 Å². The molecule has 1 aliphatic rings. The highest BCUT2D eigenvalue weighted by Gasteiger charge is 2.28. The van der Waals surface area contributed by atoms with Crippen molar-refractivity contribution in [1.82, 2.24) is 14.9 Å². The van der Waals surface area contributed by atoms with E-state index in [1.54, 1.807) is 18.0 Å². The normalized spacial score (nSPS) is 17.5. The number of anilines is 1. The number of H-pyrrole nitrogens is 1. The maximum Gasteiger partial charge on any atom is 0.410 e. The molecule has 0 radical (unpaired) electrons. The second-order valence-electron chi connectivity index (χ2n) is 7.87. The van der Waals surface area contributed by atoms with Crippen LogP contribution in [-0.4, -0.2) is 53.2 Å². The molecule has 1 atom stereocenters. The van der Waals surface area contributed by atoms with Gasteiger partial charge in [-0.05, 0) is 45.2 Å². The standard InChI is InChI=1S/C19H26N4O3/c1-19(2,3)26-18(25)22(4)11-13-9-10-23(12-13)17-20-15-8-6-5-7-14(15)16(24)21-17/h5-8,13H,9-12H2,1-4H3,(H,20,21,24). The van der Waals surface area contributed by atoms with Gasteiger partial charge in [0, 0.05) is 26.7 Å². The van der Waals surface area contributed by atoms with Gasteiger partial charge in [0.2, 0.25) is 5.95 Å². The van der Waals surface area contributed by atoms with E-state index < -0.39 is 5.60 Å². The summed E-state index contributed by atoms with van der Waals surface area (Å²) in [5.41, 5.74) is 0.0714. The number of nitrogens with zero attached hydrogens (tertiary/aromatic N) is 3. The number of carbonyl (C=O) groups is 1. The Kier molecular flexibility index (Phi) is 4.89. The molecular formula is C19H26N4O3. The van der Waals surface area contributed by atoms with Crippen LogP contribution in [0.1, 0.15) is 27.2 Å². The fraction of sp³-hybridized carbons (Fsp3) is 0.526. The zero-order chi connectivity index (χ0) is 18.9. The molecule has 2 heterocycles. The summed E-state index contributed by atoms with van der Waals surface area (Å²) in [6.07, 6.45) is 0.622. The molecule has 1 unspecified atom stereocenters. The molecule has 7 nitrogen and oxygen atoms in total. The molecule has 0 bridgehead atoms. The van der Waals surface area contributed by atoms with Crippen LogP contribution in [0.4, 0.5) is 10.7 Å². The van der Waals surface area contributed by atoms with Gasteiger partial charge in [0.05, 0.1) is 10.9 Å². The monoisotopic (exact) mass is 358 g/mol. The maximum atomic E-state index is 12.2. The number of para-hydroxylation sites is 1. The van der Waals surface area contributed by atoms with Crippen molar-refractivity contribution in [3.05, 3.63) is 34.6 Å². The van der Waals surface area contributed by atoms with Gasteiger partial charge in [0.25, 0.3) is 5.56 Å². The Balaban J connectivity index is 1.65. The number of amides is 1. The number of hydrogen-bond acceptors (Lipinski definition) is 5. The summed E-state index contributed by atoms with van der Waals surface area (Å²) in [6, 6.07) is 7.32. The van der Waals surface area contributed by atoms with Crippen LogP contribution < -0.4 is 10.5 Å². The van der Waals surface area contributed by atoms with E-state index in [0.29, 0.717) is 29.3 Å². The molecule has 1 aliphatic heterocycles. The van der Waals surface area contributed by atoms with Gasteiger partial charge < -0.3 is 14.5 Å². The van der Waals surface area contributed by atoms with Gasteiger partial charge in [-0.1, -0.05) is 12.1 Å². The number of nitrogens with one attached hydrogen (secondary N) is 1. The lowest BCUT2D eigenvalue weighted by Gasteiger charge is -2.26. The Morgan fingerprint density at radius 2 is 2.12 bits per heavy atom. The van der Waals surface area contributed by atoms with Gasteiger partial charge in [0.1, 0.15) is 5.60 Å². The number of carbonyl (C=O) groups excluding carboxylic acids is 1. The van der Waals surface area contributed by atoms with Gasteiger partial charge in [-0.2, -0.15) is 0 Å². The highest BCUT2D eigenvalue weighted by Crippen LogP contribution is 2.22. The van der Waals surface area contributed by atoms with Crippen LogP contribution in [0.15, 0.2) is 29.1 Å². The van der Waals surface area contributed by atoms with Gasteiger partial charge in [-0.3, -0.25) is 9.78 Å². The Hall–Kier alpha value is -2.57. The Labute approximate surface area is 153 Å². The molecule has 1 N–H and O–H groups in total. The number of aromatic amines is 1. The fourth-order valence-electron chi connectivity index (χ4n) is 3.20. The van der Waals surface area contributed by atoms with Crippen molar-refractivity contribution in [3.8, 4) is 0 Å². The molecule has 1 aromatic heterocycles. The van der Waals surface area contributed by atoms with Gasteiger partial charge >= 0.3 is 6.09 Å². The highest BCUT2D eigenvalue weighted by atomic mass is 16.6. The van der Waals surface area contributed by atoms with Gasteiger partial charge in [-0.15, -0.1) is 0 Å². The first-order valence-electron chi connectivity index (χ1n) is 8.91. The second kappa shape index (κ2) is 6.97. The first kappa shape index (κ1) is 18.2. The highest BCUT2D eigenvalue weighted by molar-refractivity contribution is 5.78. The number of ether oxygens (including phenoxy) is 1. The maximum absolute atomic E-state index is 12.2. The SMILES string of the molecule is CN(CC1CCN(c2nc3ccccc3c(=O)[nH]2)C1)C(=O)OC(C)(C)C. The summed E-state index contributed by atoms with van der Waals surface area (Å²) in [5, 5.41) is 0.594. The third kappa shape index (κ3) is 4.15. The zero-order valence-electron chi connectivity index (χ0n) is 15.8. The lowest BCUT2D eigenvalue weighted by atomic mass is 10.1. The molecule has 26 heavy (non-hydrogen) atoms. The molecule has 7 heteroatoms. The molecule has 140 valence electrons. The van der Waals surface area contributed by atoms with Crippen LogP contribution in [0.2, 0.25) is 0 Å². The Morgan fingerprint density at radius 3 is 2.85 bits per heavy atom. The predicted octanol–water partition coefficient (Wildman–Crippen LogP) is 2.62. The molecule has 1 fully saturated rings. The minimum Gasteiger partial charge on any atom is -0.444 e. The van der Waals surface area contributed by atoms with Crippen LogP contribution in [-0.2, 0) is 4.74 Å². The molecule has 0 saturated carbocycles.